The van der Waals surface area contributed by atoms with Crippen molar-refractivity contribution in [3.63, 3.8) is 0 Å². The minimum Gasteiger partial charge on any atom is -0.366 e. The molecule has 0 radical (unpaired) electrons. The third kappa shape index (κ3) is 2.54. The number of hydrogen-bond acceptors (Lipinski definition) is 4. The van der Waals surface area contributed by atoms with E-state index in [1.54, 1.807) is 6.33 Å². The van der Waals surface area contributed by atoms with Gasteiger partial charge in [0.1, 0.15) is 12.1 Å². The molecular weight excluding hydrogens is 291 g/mol. The molecule has 0 unspecified atom stereocenters. The summed E-state index contributed by atoms with van der Waals surface area (Å²) in [7, 11) is 0. The number of anilines is 1. The second kappa shape index (κ2) is 4.88. The van der Waals surface area contributed by atoms with E-state index in [9.17, 15) is 0 Å². The number of aromatic nitrogens is 2. The molecule has 0 amide bonds. The third-order valence-electron chi connectivity index (χ3n) is 2.35. The van der Waals surface area contributed by atoms with Crippen LogP contribution < -0.4 is 10.6 Å². The molecule has 1 aromatic heterocycles. The van der Waals surface area contributed by atoms with E-state index in [1.807, 2.05) is 6.20 Å². The quantitative estimate of drug-likeness (QED) is 0.807. The Labute approximate surface area is 97.1 Å². The highest BCUT2D eigenvalue weighted by Crippen LogP contribution is 2.16. The van der Waals surface area contributed by atoms with Crippen LogP contribution in [0.15, 0.2) is 12.5 Å². The molecule has 2 N–H and O–H groups in total. The second-order valence-corrected chi connectivity index (χ2v) is 4.55. The standard InChI is InChI=1S/C9H13IN4/c10-8-5-12-6-13-9(8)14-7-1-3-11-4-2-7/h5-7,11H,1-4H2,(H,12,13,14). The minimum absolute atomic E-state index is 0.555. The van der Waals surface area contributed by atoms with Crippen LogP contribution in [0.4, 0.5) is 5.82 Å². The van der Waals surface area contributed by atoms with Crippen molar-refractivity contribution in [1.82, 2.24) is 15.3 Å². The molecule has 1 fully saturated rings. The monoisotopic (exact) mass is 304 g/mol. The van der Waals surface area contributed by atoms with Crippen LogP contribution in [0.1, 0.15) is 12.8 Å². The Morgan fingerprint density at radius 2 is 2.21 bits per heavy atom. The summed E-state index contributed by atoms with van der Waals surface area (Å²) in [6, 6.07) is 0.555. The molecule has 0 aromatic carbocycles. The summed E-state index contributed by atoms with van der Waals surface area (Å²) >= 11 is 2.25. The summed E-state index contributed by atoms with van der Waals surface area (Å²) < 4.78 is 1.09. The van der Waals surface area contributed by atoms with Crippen LogP contribution in [-0.4, -0.2) is 29.1 Å². The van der Waals surface area contributed by atoms with Crippen LogP contribution in [0.5, 0.6) is 0 Å². The topological polar surface area (TPSA) is 49.8 Å². The van der Waals surface area contributed by atoms with Gasteiger partial charge in [-0.25, -0.2) is 9.97 Å². The van der Waals surface area contributed by atoms with Gasteiger partial charge in [-0.15, -0.1) is 0 Å². The number of rotatable bonds is 2. The maximum Gasteiger partial charge on any atom is 0.143 e. The van der Waals surface area contributed by atoms with E-state index in [2.05, 4.69) is 43.2 Å². The lowest BCUT2D eigenvalue weighted by Gasteiger charge is -2.24. The molecule has 0 atom stereocenters. The Hall–Kier alpha value is -0.430. The number of halogens is 1. The van der Waals surface area contributed by atoms with Gasteiger partial charge in [-0.2, -0.15) is 0 Å². The van der Waals surface area contributed by atoms with Crippen molar-refractivity contribution < 1.29 is 0 Å². The molecule has 1 aliphatic rings. The van der Waals surface area contributed by atoms with E-state index >= 15 is 0 Å². The molecule has 0 aliphatic carbocycles. The molecule has 14 heavy (non-hydrogen) atoms. The fourth-order valence-electron chi connectivity index (χ4n) is 1.58. The predicted octanol–water partition coefficient (Wildman–Crippen LogP) is 1.25. The third-order valence-corrected chi connectivity index (χ3v) is 3.14. The number of piperidine rings is 1. The van der Waals surface area contributed by atoms with Crippen molar-refractivity contribution in [3.8, 4) is 0 Å². The first kappa shape index (κ1) is 10.1. The van der Waals surface area contributed by atoms with Crippen molar-refractivity contribution >= 4 is 28.4 Å². The van der Waals surface area contributed by atoms with Gasteiger partial charge in [0.15, 0.2) is 0 Å². The maximum absolute atomic E-state index is 4.22. The van der Waals surface area contributed by atoms with Crippen LogP contribution in [-0.2, 0) is 0 Å². The van der Waals surface area contributed by atoms with Gasteiger partial charge in [-0.3, -0.25) is 0 Å². The van der Waals surface area contributed by atoms with Crippen LogP contribution in [0.2, 0.25) is 0 Å². The summed E-state index contributed by atoms with van der Waals surface area (Å²) in [4.78, 5) is 8.19. The van der Waals surface area contributed by atoms with E-state index in [4.69, 9.17) is 0 Å². The highest BCUT2D eigenvalue weighted by atomic mass is 127. The number of nitrogens with zero attached hydrogens (tertiary/aromatic N) is 2. The van der Waals surface area contributed by atoms with Gasteiger partial charge in [0.2, 0.25) is 0 Å². The zero-order valence-corrected chi connectivity index (χ0v) is 9.99. The van der Waals surface area contributed by atoms with Gasteiger partial charge in [0, 0.05) is 12.2 Å². The van der Waals surface area contributed by atoms with Crippen molar-refractivity contribution in [2.75, 3.05) is 18.4 Å². The number of hydrogen-bond donors (Lipinski definition) is 2. The highest BCUT2D eigenvalue weighted by molar-refractivity contribution is 14.1. The molecule has 0 spiro atoms. The van der Waals surface area contributed by atoms with Gasteiger partial charge in [-0.1, -0.05) is 0 Å². The fourth-order valence-corrected chi connectivity index (χ4v) is 2.03. The molecule has 76 valence electrons. The van der Waals surface area contributed by atoms with Crippen molar-refractivity contribution in [2.45, 2.75) is 18.9 Å². The van der Waals surface area contributed by atoms with Gasteiger partial charge >= 0.3 is 0 Å². The van der Waals surface area contributed by atoms with Crippen LogP contribution in [0.3, 0.4) is 0 Å². The molecule has 5 heteroatoms. The van der Waals surface area contributed by atoms with Crippen molar-refractivity contribution in [2.24, 2.45) is 0 Å². The summed E-state index contributed by atoms with van der Waals surface area (Å²) in [6.07, 6.45) is 5.75. The van der Waals surface area contributed by atoms with Gasteiger partial charge in [0.25, 0.3) is 0 Å². The van der Waals surface area contributed by atoms with E-state index in [0.717, 1.165) is 22.5 Å². The molecule has 4 nitrogen and oxygen atoms in total. The summed E-state index contributed by atoms with van der Waals surface area (Å²) in [6.45, 7) is 2.19. The van der Waals surface area contributed by atoms with Crippen LogP contribution >= 0.6 is 22.6 Å². The molecule has 1 saturated heterocycles. The number of nitrogens with one attached hydrogen (secondary N) is 2. The Balaban J connectivity index is 1.99. The molecule has 1 aliphatic heterocycles. The first-order valence-corrected chi connectivity index (χ1v) is 5.87. The Morgan fingerprint density at radius 3 is 2.93 bits per heavy atom. The zero-order chi connectivity index (χ0) is 9.80. The molecule has 2 rings (SSSR count). The van der Waals surface area contributed by atoms with Crippen LogP contribution in [0, 0.1) is 3.57 Å². The smallest absolute Gasteiger partial charge is 0.143 e. The lowest BCUT2D eigenvalue weighted by molar-refractivity contribution is 0.478. The lowest BCUT2D eigenvalue weighted by Crippen LogP contribution is -2.35. The van der Waals surface area contributed by atoms with Crippen molar-refractivity contribution in [1.29, 1.82) is 0 Å². The minimum atomic E-state index is 0.555. The van der Waals surface area contributed by atoms with Gasteiger partial charge in [0.05, 0.1) is 3.57 Å². The first-order chi connectivity index (χ1) is 6.86. The summed E-state index contributed by atoms with van der Waals surface area (Å²) in [5.41, 5.74) is 0. The largest absolute Gasteiger partial charge is 0.366 e. The molecule has 0 bridgehead atoms. The molecule has 1 aromatic rings. The van der Waals surface area contributed by atoms with Gasteiger partial charge < -0.3 is 10.6 Å². The normalized spacial score (nSPS) is 18.1. The second-order valence-electron chi connectivity index (χ2n) is 3.39. The predicted molar refractivity (Wildman–Crippen MR) is 64.3 cm³/mol. The zero-order valence-electron chi connectivity index (χ0n) is 7.83. The average Bonchev–Trinajstić information content (AvgIpc) is 2.23. The van der Waals surface area contributed by atoms with E-state index in [0.29, 0.717) is 6.04 Å². The Morgan fingerprint density at radius 1 is 1.43 bits per heavy atom. The van der Waals surface area contributed by atoms with Crippen molar-refractivity contribution in [3.05, 3.63) is 16.1 Å². The Kier molecular flexibility index (Phi) is 3.52. The Bertz CT molecular complexity index is 299. The average molecular weight is 304 g/mol. The SMILES string of the molecule is Ic1cncnc1NC1CCNCC1. The molecule has 2 heterocycles. The van der Waals surface area contributed by atoms with Crippen LogP contribution in [0.25, 0.3) is 0 Å². The first-order valence-electron chi connectivity index (χ1n) is 4.79. The highest BCUT2D eigenvalue weighted by Gasteiger charge is 2.13. The van der Waals surface area contributed by atoms with E-state index in [1.165, 1.54) is 12.8 Å². The van der Waals surface area contributed by atoms with Gasteiger partial charge in [-0.05, 0) is 48.5 Å². The summed E-state index contributed by atoms with van der Waals surface area (Å²) in [5, 5.41) is 6.79. The fraction of sp³-hybridized carbons (Fsp3) is 0.556. The van der Waals surface area contributed by atoms with E-state index < -0.39 is 0 Å². The summed E-state index contributed by atoms with van der Waals surface area (Å²) in [5.74, 6) is 0.965. The lowest BCUT2D eigenvalue weighted by atomic mass is 10.1. The molecule has 0 saturated carbocycles. The molecular formula is C9H13IN4. The maximum atomic E-state index is 4.22. The van der Waals surface area contributed by atoms with E-state index in [-0.39, 0.29) is 0 Å².